The van der Waals surface area contributed by atoms with Crippen molar-refractivity contribution in [3.8, 4) is 11.3 Å². The number of benzene rings is 1. The Kier molecular flexibility index (Phi) is 4.34. The van der Waals surface area contributed by atoms with E-state index in [9.17, 15) is 13.2 Å². The van der Waals surface area contributed by atoms with E-state index in [-0.39, 0.29) is 10.7 Å². The van der Waals surface area contributed by atoms with Crippen molar-refractivity contribution in [3.05, 3.63) is 41.7 Å². The average Bonchev–Trinajstić information content (AvgIpc) is 3.05. The second kappa shape index (κ2) is 6.27. The Hall–Kier alpha value is -1.96. The van der Waals surface area contributed by atoms with Crippen molar-refractivity contribution in [2.24, 2.45) is 0 Å². The summed E-state index contributed by atoms with van der Waals surface area (Å²) < 4.78 is 37.7. The van der Waals surface area contributed by atoms with E-state index in [2.05, 4.69) is 0 Å². The van der Waals surface area contributed by atoms with Crippen LogP contribution in [-0.4, -0.2) is 45.3 Å². The van der Waals surface area contributed by atoms with E-state index < -0.39 is 10.0 Å². The van der Waals surface area contributed by atoms with Crippen LogP contribution < -0.4 is 0 Å². The van der Waals surface area contributed by atoms with Gasteiger partial charge in [0.2, 0.25) is 10.0 Å². The van der Waals surface area contributed by atoms with Gasteiger partial charge in [-0.25, -0.2) is 8.42 Å². The summed E-state index contributed by atoms with van der Waals surface area (Å²) in [6.45, 7) is 3.26. The maximum Gasteiger partial charge on any atom is 0.243 e. The second-order valence-corrected chi connectivity index (χ2v) is 7.22. The van der Waals surface area contributed by atoms with Crippen LogP contribution in [-0.2, 0) is 14.8 Å². The lowest BCUT2D eigenvalue weighted by Crippen LogP contribution is -2.40. The first-order chi connectivity index (χ1) is 11.0. The number of aldehydes is 1. The maximum absolute atomic E-state index is 12.8. The molecular weight excluding hydrogens is 318 g/mol. The van der Waals surface area contributed by atoms with Gasteiger partial charge in [0, 0.05) is 18.7 Å². The summed E-state index contributed by atoms with van der Waals surface area (Å²) in [6, 6.07) is 8.32. The largest absolute Gasteiger partial charge is 0.453 e. The number of carbonyl (C=O) groups is 1. The van der Waals surface area contributed by atoms with Crippen LogP contribution in [0.1, 0.15) is 16.1 Å². The molecule has 122 valence electrons. The predicted molar refractivity (Wildman–Crippen MR) is 83.8 cm³/mol. The van der Waals surface area contributed by atoms with Gasteiger partial charge in [0.25, 0.3) is 0 Å². The number of aryl methyl sites for hydroxylation is 1. The Morgan fingerprint density at radius 1 is 1.13 bits per heavy atom. The van der Waals surface area contributed by atoms with Gasteiger partial charge < -0.3 is 9.15 Å². The topological polar surface area (TPSA) is 76.8 Å². The second-order valence-electron chi connectivity index (χ2n) is 5.32. The van der Waals surface area contributed by atoms with Gasteiger partial charge in [-0.2, -0.15) is 4.31 Å². The van der Waals surface area contributed by atoms with Crippen LogP contribution in [0.5, 0.6) is 0 Å². The highest BCUT2D eigenvalue weighted by atomic mass is 32.2. The average molecular weight is 335 g/mol. The van der Waals surface area contributed by atoms with Gasteiger partial charge in [0.15, 0.2) is 12.0 Å². The van der Waals surface area contributed by atoms with Gasteiger partial charge in [-0.05, 0) is 30.7 Å². The number of sulfonamides is 1. The Balaban J connectivity index is 2.01. The highest BCUT2D eigenvalue weighted by Gasteiger charge is 2.28. The van der Waals surface area contributed by atoms with Gasteiger partial charge in [0.1, 0.15) is 5.76 Å². The van der Waals surface area contributed by atoms with Gasteiger partial charge in [-0.1, -0.05) is 12.1 Å². The predicted octanol–water partition coefficient (Wildman–Crippen LogP) is 2.09. The Bertz CT molecular complexity index is 819. The van der Waals surface area contributed by atoms with Gasteiger partial charge >= 0.3 is 0 Å². The van der Waals surface area contributed by atoms with E-state index in [0.29, 0.717) is 49.5 Å². The standard InChI is InChI=1S/C16H17NO5S/c1-12-2-3-13(15-5-4-14(11-18)22-15)10-16(12)23(19,20)17-6-8-21-9-7-17/h2-5,10-11H,6-9H2,1H3. The molecule has 0 N–H and O–H groups in total. The lowest BCUT2D eigenvalue weighted by Gasteiger charge is -2.26. The Morgan fingerprint density at radius 2 is 1.87 bits per heavy atom. The van der Waals surface area contributed by atoms with Gasteiger partial charge in [-0.3, -0.25) is 4.79 Å². The molecule has 1 aromatic heterocycles. The number of nitrogens with zero attached hydrogens (tertiary/aromatic N) is 1. The van der Waals surface area contributed by atoms with Crippen molar-refractivity contribution in [1.82, 2.24) is 4.31 Å². The Morgan fingerprint density at radius 3 is 2.52 bits per heavy atom. The third-order valence-corrected chi connectivity index (χ3v) is 5.84. The molecule has 1 saturated heterocycles. The summed E-state index contributed by atoms with van der Waals surface area (Å²) >= 11 is 0. The molecule has 6 nitrogen and oxygen atoms in total. The van der Waals surface area contributed by atoms with Crippen molar-refractivity contribution in [3.63, 3.8) is 0 Å². The fourth-order valence-corrected chi connectivity index (χ4v) is 4.19. The molecule has 1 fully saturated rings. The molecule has 0 unspecified atom stereocenters. The number of hydrogen-bond acceptors (Lipinski definition) is 5. The van der Waals surface area contributed by atoms with E-state index in [4.69, 9.17) is 9.15 Å². The van der Waals surface area contributed by atoms with E-state index in [1.165, 1.54) is 4.31 Å². The minimum Gasteiger partial charge on any atom is -0.453 e. The first-order valence-electron chi connectivity index (χ1n) is 7.26. The number of carbonyl (C=O) groups excluding carboxylic acids is 1. The van der Waals surface area contributed by atoms with Crippen molar-refractivity contribution >= 4 is 16.3 Å². The summed E-state index contributed by atoms with van der Waals surface area (Å²) in [7, 11) is -3.58. The molecule has 2 heterocycles. The normalized spacial score (nSPS) is 16.4. The lowest BCUT2D eigenvalue weighted by molar-refractivity contribution is 0.0730. The van der Waals surface area contributed by atoms with Crippen molar-refractivity contribution in [2.45, 2.75) is 11.8 Å². The summed E-state index contributed by atoms with van der Waals surface area (Å²) in [6.07, 6.45) is 0.614. The van der Waals surface area contributed by atoms with Crippen LogP contribution in [0.25, 0.3) is 11.3 Å². The fraction of sp³-hybridized carbons (Fsp3) is 0.312. The van der Waals surface area contributed by atoms with E-state index in [0.717, 1.165) is 0 Å². The molecule has 0 aliphatic carbocycles. The van der Waals surface area contributed by atoms with Crippen molar-refractivity contribution in [1.29, 1.82) is 0 Å². The molecule has 0 bridgehead atoms. The van der Waals surface area contributed by atoms with E-state index in [1.54, 1.807) is 37.3 Å². The summed E-state index contributed by atoms with van der Waals surface area (Å²) in [5.74, 6) is 0.670. The Labute approximate surface area is 134 Å². The van der Waals surface area contributed by atoms with E-state index in [1.807, 2.05) is 0 Å². The number of morpholine rings is 1. The molecule has 1 aliphatic heterocycles. The monoisotopic (exact) mass is 335 g/mol. The third-order valence-electron chi connectivity index (χ3n) is 3.80. The molecule has 23 heavy (non-hydrogen) atoms. The number of ether oxygens (including phenoxy) is 1. The highest BCUT2D eigenvalue weighted by Crippen LogP contribution is 2.28. The summed E-state index contributed by atoms with van der Waals surface area (Å²) in [4.78, 5) is 11.0. The van der Waals surface area contributed by atoms with Crippen molar-refractivity contribution in [2.75, 3.05) is 26.3 Å². The molecule has 7 heteroatoms. The lowest BCUT2D eigenvalue weighted by atomic mass is 10.1. The zero-order chi connectivity index (χ0) is 16.4. The highest BCUT2D eigenvalue weighted by molar-refractivity contribution is 7.89. The van der Waals surface area contributed by atoms with Crippen LogP contribution in [0.2, 0.25) is 0 Å². The molecule has 1 aromatic carbocycles. The van der Waals surface area contributed by atoms with Crippen LogP contribution >= 0.6 is 0 Å². The molecule has 1 aliphatic rings. The van der Waals surface area contributed by atoms with Gasteiger partial charge in [0.05, 0.1) is 18.1 Å². The third kappa shape index (κ3) is 3.08. The number of furan rings is 1. The van der Waals surface area contributed by atoms with Crippen LogP contribution in [0.15, 0.2) is 39.6 Å². The minimum absolute atomic E-state index is 0.207. The van der Waals surface area contributed by atoms with E-state index >= 15 is 0 Å². The first-order valence-corrected chi connectivity index (χ1v) is 8.70. The quantitative estimate of drug-likeness (QED) is 0.800. The SMILES string of the molecule is Cc1ccc(-c2ccc(C=O)o2)cc1S(=O)(=O)N1CCOCC1. The molecular formula is C16H17NO5S. The van der Waals surface area contributed by atoms with Crippen LogP contribution in [0, 0.1) is 6.92 Å². The zero-order valence-corrected chi connectivity index (χ0v) is 13.5. The molecule has 2 aromatic rings. The molecule has 0 radical (unpaired) electrons. The zero-order valence-electron chi connectivity index (χ0n) is 12.7. The van der Waals surface area contributed by atoms with Crippen molar-refractivity contribution < 1.29 is 22.4 Å². The van der Waals surface area contributed by atoms with Crippen LogP contribution in [0.4, 0.5) is 0 Å². The molecule has 0 amide bonds. The minimum atomic E-state index is -3.58. The first kappa shape index (κ1) is 15.9. The molecule has 0 atom stereocenters. The number of rotatable bonds is 4. The van der Waals surface area contributed by atoms with Gasteiger partial charge in [-0.15, -0.1) is 0 Å². The van der Waals surface area contributed by atoms with Crippen LogP contribution in [0.3, 0.4) is 0 Å². The molecule has 0 spiro atoms. The summed E-state index contributed by atoms with van der Waals surface area (Å²) in [5.41, 5.74) is 1.29. The summed E-state index contributed by atoms with van der Waals surface area (Å²) in [5, 5.41) is 0. The number of hydrogen-bond donors (Lipinski definition) is 0. The maximum atomic E-state index is 12.8. The smallest absolute Gasteiger partial charge is 0.243 e. The molecule has 3 rings (SSSR count). The fourth-order valence-electron chi connectivity index (χ4n) is 2.53. The molecule has 0 saturated carbocycles.